The summed E-state index contributed by atoms with van der Waals surface area (Å²) in [5.41, 5.74) is 1.68. The highest BCUT2D eigenvalue weighted by Crippen LogP contribution is 2.09. The molecule has 86 valence electrons. The van der Waals surface area contributed by atoms with Gasteiger partial charge in [-0.3, -0.25) is 4.79 Å². The van der Waals surface area contributed by atoms with Crippen LogP contribution >= 0.6 is 12.2 Å². The second kappa shape index (κ2) is 5.15. The minimum Gasteiger partial charge on any atom is -0.294 e. The van der Waals surface area contributed by atoms with Gasteiger partial charge in [-0.2, -0.15) is 0 Å². The molecule has 0 saturated carbocycles. The Morgan fingerprint density at radius 3 is 2.71 bits per heavy atom. The number of ketones is 1. The van der Waals surface area contributed by atoms with Crippen molar-refractivity contribution in [1.29, 1.82) is 0 Å². The van der Waals surface area contributed by atoms with E-state index in [9.17, 15) is 4.79 Å². The first-order chi connectivity index (χ1) is 8.18. The molecule has 0 saturated heterocycles. The first kappa shape index (κ1) is 11.9. The molecule has 0 aromatic heterocycles. The fourth-order valence-corrected chi connectivity index (χ4v) is 2.14. The number of hydrogen-bond donors (Lipinski definition) is 0. The normalized spacial score (nSPS) is 15.2. The number of carbonyl (C=O) groups is 1. The van der Waals surface area contributed by atoms with E-state index < -0.39 is 0 Å². The summed E-state index contributed by atoms with van der Waals surface area (Å²) in [6.07, 6.45) is 5.11. The Morgan fingerprint density at radius 2 is 2.06 bits per heavy atom. The van der Waals surface area contributed by atoms with Crippen molar-refractivity contribution in [2.75, 3.05) is 7.05 Å². The van der Waals surface area contributed by atoms with E-state index in [1.54, 1.807) is 0 Å². The third-order valence-electron chi connectivity index (χ3n) is 2.80. The molecule has 1 aromatic rings. The number of rotatable bonds is 3. The maximum atomic E-state index is 12.1. The Kier molecular flexibility index (Phi) is 3.59. The molecule has 1 aliphatic rings. The molecule has 3 heteroatoms. The van der Waals surface area contributed by atoms with Crippen LogP contribution in [0.4, 0.5) is 0 Å². The average molecular weight is 244 g/mol. The SMILES string of the molecule is C[N+]1=C(CC(=O)c2ccccc2)C(=S)CC=C1. The van der Waals surface area contributed by atoms with Gasteiger partial charge in [0.15, 0.2) is 12.0 Å². The zero-order chi connectivity index (χ0) is 12.3. The van der Waals surface area contributed by atoms with Gasteiger partial charge in [0.25, 0.3) is 0 Å². The van der Waals surface area contributed by atoms with E-state index in [2.05, 4.69) is 0 Å². The van der Waals surface area contributed by atoms with Gasteiger partial charge >= 0.3 is 0 Å². The van der Waals surface area contributed by atoms with Crippen LogP contribution in [-0.2, 0) is 0 Å². The number of nitrogens with zero attached hydrogens (tertiary/aromatic N) is 1. The first-order valence-corrected chi connectivity index (χ1v) is 5.96. The van der Waals surface area contributed by atoms with Crippen LogP contribution in [0.2, 0.25) is 0 Å². The van der Waals surface area contributed by atoms with Gasteiger partial charge in [0, 0.05) is 12.0 Å². The lowest BCUT2D eigenvalue weighted by Crippen LogP contribution is -2.26. The van der Waals surface area contributed by atoms with E-state index in [1.807, 2.05) is 54.2 Å². The fraction of sp³-hybridized carbons (Fsp3) is 0.214. The largest absolute Gasteiger partial charge is 0.294 e. The van der Waals surface area contributed by atoms with Crippen molar-refractivity contribution in [1.82, 2.24) is 0 Å². The molecule has 0 bridgehead atoms. The Balaban J connectivity index is 2.19. The van der Waals surface area contributed by atoms with Crippen LogP contribution in [0, 0.1) is 0 Å². The lowest BCUT2D eigenvalue weighted by atomic mass is 10.0. The lowest BCUT2D eigenvalue weighted by molar-refractivity contribution is -0.422. The number of Topliss-reactive ketones (excluding diaryl/α,β-unsaturated/α-hetero) is 1. The molecule has 2 rings (SSSR count). The highest BCUT2D eigenvalue weighted by molar-refractivity contribution is 7.82. The zero-order valence-corrected chi connectivity index (χ0v) is 10.5. The Labute approximate surface area is 106 Å². The van der Waals surface area contributed by atoms with Crippen molar-refractivity contribution >= 4 is 28.6 Å². The van der Waals surface area contributed by atoms with Gasteiger partial charge < -0.3 is 0 Å². The molecular formula is C14H14NOS+. The van der Waals surface area contributed by atoms with Crippen molar-refractivity contribution in [3.63, 3.8) is 0 Å². The molecular weight excluding hydrogens is 230 g/mol. The quantitative estimate of drug-likeness (QED) is 0.463. The summed E-state index contributed by atoms with van der Waals surface area (Å²) in [7, 11) is 1.93. The van der Waals surface area contributed by atoms with Crippen molar-refractivity contribution in [3.8, 4) is 0 Å². The summed E-state index contributed by atoms with van der Waals surface area (Å²) in [5.74, 6) is 0.116. The Bertz CT molecular complexity index is 514. The third-order valence-corrected chi connectivity index (χ3v) is 3.21. The minimum atomic E-state index is 0.116. The highest BCUT2D eigenvalue weighted by Gasteiger charge is 2.22. The number of carbonyl (C=O) groups excluding carboxylic acids is 1. The van der Waals surface area contributed by atoms with E-state index in [0.29, 0.717) is 6.42 Å². The van der Waals surface area contributed by atoms with Crippen LogP contribution in [0.15, 0.2) is 42.6 Å². The van der Waals surface area contributed by atoms with Gasteiger partial charge in [-0.25, -0.2) is 4.58 Å². The molecule has 2 nitrogen and oxygen atoms in total. The van der Waals surface area contributed by atoms with Crippen LogP contribution in [0.3, 0.4) is 0 Å². The predicted molar refractivity (Wildman–Crippen MR) is 72.9 cm³/mol. The topological polar surface area (TPSA) is 20.1 Å². The van der Waals surface area contributed by atoms with Gasteiger partial charge in [-0.05, 0) is 6.08 Å². The van der Waals surface area contributed by atoms with Gasteiger partial charge in [-0.15, -0.1) is 0 Å². The molecule has 0 unspecified atom stereocenters. The van der Waals surface area contributed by atoms with E-state index >= 15 is 0 Å². The zero-order valence-electron chi connectivity index (χ0n) is 9.72. The Hall–Kier alpha value is -1.61. The Morgan fingerprint density at radius 1 is 1.35 bits per heavy atom. The van der Waals surface area contributed by atoms with E-state index in [4.69, 9.17) is 12.2 Å². The maximum Gasteiger partial charge on any atom is 0.203 e. The molecule has 17 heavy (non-hydrogen) atoms. The first-order valence-electron chi connectivity index (χ1n) is 5.55. The smallest absolute Gasteiger partial charge is 0.203 e. The monoisotopic (exact) mass is 244 g/mol. The molecule has 0 spiro atoms. The van der Waals surface area contributed by atoms with E-state index in [-0.39, 0.29) is 5.78 Å². The van der Waals surface area contributed by atoms with Crippen LogP contribution in [0.5, 0.6) is 0 Å². The van der Waals surface area contributed by atoms with Crippen molar-refractivity contribution in [2.45, 2.75) is 12.8 Å². The summed E-state index contributed by atoms with van der Waals surface area (Å²) >= 11 is 5.29. The molecule has 1 aromatic carbocycles. The summed E-state index contributed by atoms with van der Waals surface area (Å²) in [6.45, 7) is 0. The minimum absolute atomic E-state index is 0.116. The van der Waals surface area contributed by atoms with Crippen LogP contribution in [0.1, 0.15) is 23.2 Å². The van der Waals surface area contributed by atoms with Crippen molar-refractivity contribution < 1.29 is 9.37 Å². The van der Waals surface area contributed by atoms with Gasteiger partial charge in [0.1, 0.15) is 7.05 Å². The van der Waals surface area contributed by atoms with Gasteiger partial charge in [-0.1, -0.05) is 42.5 Å². The summed E-state index contributed by atoms with van der Waals surface area (Å²) in [5, 5.41) is 0. The molecule has 0 atom stereocenters. The molecule has 0 N–H and O–H groups in total. The van der Waals surface area contributed by atoms with Gasteiger partial charge in [0.05, 0.1) is 11.3 Å². The predicted octanol–water partition coefficient (Wildman–Crippen LogP) is 2.63. The third kappa shape index (κ3) is 2.74. The summed E-state index contributed by atoms with van der Waals surface area (Å²) in [4.78, 5) is 12.9. The fourth-order valence-electron chi connectivity index (χ4n) is 1.82. The molecule has 0 radical (unpaired) electrons. The second-order valence-electron chi connectivity index (χ2n) is 4.04. The number of allylic oxidation sites excluding steroid dienone is 1. The van der Waals surface area contributed by atoms with Crippen molar-refractivity contribution in [2.24, 2.45) is 0 Å². The molecule has 1 heterocycles. The van der Waals surface area contributed by atoms with E-state index in [0.717, 1.165) is 22.6 Å². The average Bonchev–Trinajstić information content (AvgIpc) is 2.35. The maximum absolute atomic E-state index is 12.1. The second-order valence-corrected chi connectivity index (χ2v) is 4.53. The van der Waals surface area contributed by atoms with Crippen molar-refractivity contribution in [3.05, 3.63) is 48.2 Å². The summed E-state index contributed by atoms with van der Waals surface area (Å²) in [6, 6.07) is 9.33. The number of thiocarbonyl (C=S) groups is 1. The summed E-state index contributed by atoms with van der Waals surface area (Å²) < 4.78 is 1.94. The standard InChI is InChI=1S/C14H14NOS/c1-15-9-5-8-14(17)12(15)10-13(16)11-6-3-2-4-7-11/h2-7,9H,8,10H2,1H3/q+1. The molecule has 0 fully saturated rings. The highest BCUT2D eigenvalue weighted by atomic mass is 32.1. The van der Waals surface area contributed by atoms with Gasteiger partial charge in [0.2, 0.25) is 5.71 Å². The molecule has 0 amide bonds. The van der Waals surface area contributed by atoms with Crippen LogP contribution < -0.4 is 0 Å². The van der Waals surface area contributed by atoms with Crippen LogP contribution in [0.25, 0.3) is 0 Å². The molecule has 1 aliphatic heterocycles. The number of benzene rings is 1. The molecule has 0 aliphatic carbocycles. The van der Waals surface area contributed by atoms with Crippen LogP contribution in [-0.4, -0.2) is 28.0 Å². The number of hydrogen-bond acceptors (Lipinski definition) is 2. The van der Waals surface area contributed by atoms with E-state index in [1.165, 1.54) is 0 Å². The lowest BCUT2D eigenvalue weighted by Gasteiger charge is -2.07.